The van der Waals surface area contributed by atoms with Crippen LogP contribution in [0.5, 0.6) is 0 Å². The number of ether oxygens (including phenoxy) is 1. The molecule has 1 aliphatic rings. The van der Waals surface area contributed by atoms with Gasteiger partial charge in [0.1, 0.15) is 5.82 Å². The average Bonchev–Trinajstić information content (AvgIpc) is 3.05. The van der Waals surface area contributed by atoms with Crippen molar-refractivity contribution in [2.45, 2.75) is 31.1 Å². The lowest BCUT2D eigenvalue weighted by Crippen LogP contribution is -2.25. The van der Waals surface area contributed by atoms with Crippen molar-refractivity contribution in [2.75, 3.05) is 23.3 Å². The second-order valence-corrected chi connectivity index (χ2v) is 11.0. The molecule has 1 aliphatic heterocycles. The molecule has 0 unspecified atom stereocenters. The first-order valence-corrected chi connectivity index (χ1v) is 13.0. The van der Waals surface area contributed by atoms with Gasteiger partial charge < -0.3 is 9.64 Å². The van der Waals surface area contributed by atoms with Crippen molar-refractivity contribution in [3.8, 4) is 0 Å². The van der Waals surface area contributed by atoms with Crippen molar-refractivity contribution in [3.63, 3.8) is 0 Å². The Morgan fingerprint density at radius 1 is 1.03 bits per heavy atom. The number of hydrogen-bond acceptors (Lipinski definition) is 6. The number of rotatable bonds is 7. The number of anilines is 2. The molecule has 0 atom stereocenters. The predicted octanol–water partition coefficient (Wildman–Crippen LogP) is 4.97. The van der Waals surface area contributed by atoms with Crippen LogP contribution in [-0.2, 0) is 25.0 Å². The number of carbonyl (C=O) groups excluding carboxylic acids is 2. The molecule has 3 aromatic carbocycles. The number of likely N-dealkylation sites (N-methyl/N-ethyl adjacent to an activating group) is 1. The van der Waals surface area contributed by atoms with E-state index in [9.17, 15) is 22.4 Å². The van der Waals surface area contributed by atoms with Crippen LogP contribution in [0.25, 0.3) is 0 Å². The van der Waals surface area contributed by atoms with Crippen LogP contribution in [-0.4, -0.2) is 33.8 Å². The number of carbonyl (C=O) groups is 2. The number of esters is 1. The van der Waals surface area contributed by atoms with Gasteiger partial charge in [0, 0.05) is 41.2 Å². The summed E-state index contributed by atoms with van der Waals surface area (Å²) in [6.07, 6.45) is 1.50. The van der Waals surface area contributed by atoms with E-state index in [4.69, 9.17) is 4.74 Å². The minimum Gasteiger partial charge on any atom is -0.454 e. The van der Waals surface area contributed by atoms with Crippen LogP contribution in [0.1, 0.15) is 35.3 Å². The Morgan fingerprint density at radius 3 is 2.38 bits per heavy atom. The molecule has 1 heterocycles. The minimum atomic E-state index is -4.03. The maximum atomic E-state index is 13.8. The molecule has 0 saturated carbocycles. The van der Waals surface area contributed by atoms with Crippen LogP contribution in [0.15, 0.2) is 83.4 Å². The highest BCUT2D eigenvalue weighted by molar-refractivity contribution is 7.92. The van der Waals surface area contributed by atoms with Gasteiger partial charge in [-0.2, -0.15) is 0 Å². The van der Waals surface area contributed by atoms with E-state index in [2.05, 4.69) is 4.72 Å². The van der Waals surface area contributed by atoms with Crippen molar-refractivity contribution in [1.82, 2.24) is 0 Å². The number of hydrogen-bond donors (Lipinski definition) is 1. The number of nitrogens with one attached hydrogen (secondary N) is 1. The summed E-state index contributed by atoms with van der Waals surface area (Å²) in [4.78, 5) is 26.9. The van der Waals surface area contributed by atoms with Crippen LogP contribution in [0.3, 0.4) is 0 Å². The number of halogens is 1. The number of fused-ring (bicyclic) bond motifs is 1. The van der Waals surface area contributed by atoms with Crippen LogP contribution < -0.4 is 9.62 Å². The van der Waals surface area contributed by atoms with Gasteiger partial charge in [-0.1, -0.05) is 38.1 Å². The molecule has 0 saturated heterocycles. The number of sulfonamides is 1. The molecule has 0 spiro atoms. The average molecular weight is 523 g/mol. The van der Waals surface area contributed by atoms with Crippen LogP contribution in [0, 0.1) is 12.7 Å². The third kappa shape index (κ3) is 5.13. The van der Waals surface area contributed by atoms with Crippen molar-refractivity contribution < 1.29 is 27.1 Å². The molecule has 1 N–H and O–H groups in total. The largest absolute Gasteiger partial charge is 0.454 e. The Bertz CT molecular complexity index is 1510. The van der Waals surface area contributed by atoms with E-state index in [-0.39, 0.29) is 32.9 Å². The molecule has 7 nitrogen and oxygen atoms in total. The Hall–Kier alpha value is -3.98. The van der Waals surface area contributed by atoms with Crippen molar-refractivity contribution in [1.29, 1.82) is 0 Å². The standard InChI is InChI=1S/C28H27FN2O5S/c1-18-23(29)9-7-11-25(18)37(34,35)30-20-14-12-19(13-15-20)27(33)36-17-21(32)16-26-28(2,3)22-8-5-6-10-24(22)31(26)4/h5-16,30H,17H2,1-4H3. The van der Waals surface area contributed by atoms with Gasteiger partial charge in [-0.15, -0.1) is 0 Å². The summed E-state index contributed by atoms with van der Waals surface area (Å²) >= 11 is 0. The molecule has 0 radical (unpaired) electrons. The molecule has 0 amide bonds. The quantitative estimate of drug-likeness (QED) is 0.348. The first-order chi connectivity index (χ1) is 17.4. The number of allylic oxidation sites excluding steroid dienone is 1. The van der Waals surface area contributed by atoms with Gasteiger partial charge in [0.25, 0.3) is 10.0 Å². The maximum Gasteiger partial charge on any atom is 0.338 e. The zero-order valence-electron chi connectivity index (χ0n) is 20.9. The van der Waals surface area contributed by atoms with E-state index in [1.54, 1.807) is 0 Å². The number of benzene rings is 3. The SMILES string of the molecule is Cc1c(F)cccc1S(=O)(=O)Nc1ccc(C(=O)OCC(=O)C=C2N(C)c3ccccc3C2(C)C)cc1. The van der Waals surface area contributed by atoms with E-state index >= 15 is 0 Å². The highest BCUT2D eigenvalue weighted by atomic mass is 32.2. The molecule has 0 bridgehead atoms. The van der Waals surface area contributed by atoms with Gasteiger partial charge in [-0.3, -0.25) is 9.52 Å². The molecule has 0 fully saturated rings. The summed E-state index contributed by atoms with van der Waals surface area (Å²) in [6.45, 7) is 5.01. The van der Waals surface area contributed by atoms with Crippen molar-refractivity contribution >= 4 is 33.2 Å². The summed E-state index contributed by atoms with van der Waals surface area (Å²) in [5, 5.41) is 0. The predicted molar refractivity (Wildman–Crippen MR) is 140 cm³/mol. The highest BCUT2D eigenvalue weighted by Gasteiger charge is 2.38. The van der Waals surface area contributed by atoms with Gasteiger partial charge in [0.05, 0.1) is 10.5 Å². The molecule has 9 heteroatoms. The molecule has 37 heavy (non-hydrogen) atoms. The zero-order chi connectivity index (χ0) is 27.0. The zero-order valence-corrected chi connectivity index (χ0v) is 21.7. The van der Waals surface area contributed by atoms with E-state index < -0.39 is 28.4 Å². The van der Waals surface area contributed by atoms with Gasteiger partial charge in [0.2, 0.25) is 0 Å². The minimum absolute atomic E-state index is 0.00546. The number of ketones is 1. The summed E-state index contributed by atoms with van der Waals surface area (Å²) in [5.74, 6) is -1.70. The fraction of sp³-hybridized carbons (Fsp3) is 0.214. The van der Waals surface area contributed by atoms with E-state index in [1.165, 1.54) is 55.5 Å². The first kappa shape index (κ1) is 26.1. The van der Waals surface area contributed by atoms with E-state index in [0.29, 0.717) is 0 Å². The van der Waals surface area contributed by atoms with Gasteiger partial charge >= 0.3 is 5.97 Å². The Kier molecular flexibility index (Phi) is 6.92. The molecule has 0 aromatic heterocycles. The smallest absolute Gasteiger partial charge is 0.338 e. The summed E-state index contributed by atoms with van der Waals surface area (Å²) in [6, 6.07) is 17.3. The van der Waals surface area contributed by atoms with E-state index in [0.717, 1.165) is 16.9 Å². The van der Waals surface area contributed by atoms with Crippen LogP contribution in [0.2, 0.25) is 0 Å². The Morgan fingerprint density at radius 2 is 1.70 bits per heavy atom. The fourth-order valence-corrected chi connectivity index (χ4v) is 5.75. The topological polar surface area (TPSA) is 92.8 Å². The maximum absolute atomic E-state index is 13.8. The normalized spacial score (nSPS) is 15.4. The first-order valence-electron chi connectivity index (χ1n) is 11.5. The summed E-state index contributed by atoms with van der Waals surface area (Å²) < 4.78 is 46.6. The lowest BCUT2D eigenvalue weighted by atomic mass is 9.83. The van der Waals surface area contributed by atoms with E-state index in [1.807, 2.05) is 50.1 Å². The molecular formula is C28H27FN2O5S. The third-order valence-corrected chi connectivity index (χ3v) is 7.99. The molecule has 0 aliphatic carbocycles. The Labute approximate surface area is 215 Å². The number of nitrogens with zero attached hydrogens (tertiary/aromatic N) is 1. The van der Waals surface area contributed by atoms with Crippen molar-refractivity contribution in [2.24, 2.45) is 0 Å². The van der Waals surface area contributed by atoms with Gasteiger partial charge in [-0.05, 0) is 55.0 Å². The monoisotopic (exact) mass is 522 g/mol. The second kappa shape index (κ2) is 9.82. The van der Waals surface area contributed by atoms with Gasteiger partial charge in [-0.25, -0.2) is 17.6 Å². The fourth-order valence-electron chi connectivity index (χ4n) is 4.44. The third-order valence-electron chi connectivity index (χ3n) is 6.46. The molecule has 3 aromatic rings. The van der Waals surface area contributed by atoms with Crippen molar-refractivity contribution in [3.05, 3.63) is 101 Å². The lowest BCUT2D eigenvalue weighted by molar-refractivity contribution is -0.117. The molecule has 192 valence electrons. The summed E-state index contributed by atoms with van der Waals surface area (Å²) in [7, 11) is -2.13. The lowest BCUT2D eigenvalue weighted by Gasteiger charge is -2.23. The van der Waals surface area contributed by atoms with Gasteiger partial charge in [0.15, 0.2) is 12.4 Å². The highest BCUT2D eigenvalue weighted by Crippen LogP contribution is 2.46. The molecular weight excluding hydrogens is 495 g/mol. The Balaban J connectivity index is 1.39. The second-order valence-electron chi connectivity index (χ2n) is 9.32. The van der Waals surface area contributed by atoms with Crippen LogP contribution in [0.4, 0.5) is 15.8 Å². The number of para-hydroxylation sites is 1. The summed E-state index contributed by atoms with van der Waals surface area (Å²) in [5.41, 5.74) is 2.90. The molecule has 4 rings (SSSR count). The van der Waals surface area contributed by atoms with Crippen LogP contribution >= 0.6 is 0 Å².